The molecule has 20 heavy (non-hydrogen) atoms. The molecule has 0 unspecified atom stereocenters. The number of hydrogen-bond acceptors (Lipinski definition) is 2. The normalized spacial score (nSPS) is 10.9. The number of aryl methyl sites for hydroxylation is 2. The lowest BCUT2D eigenvalue weighted by Gasteiger charge is -2.05. The molecule has 0 saturated heterocycles. The first-order chi connectivity index (χ1) is 9.74. The molecule has 0 aliphatic rings. The van der Waals surface area contributed by atoms with Crippen molar-refractivity contribution in [2.75, 3.05) is 5.32 Å². The Labute approximate surface area is 119 Å². The van der Waals surface area contributed by atoms with Gasteiger partial charge < -0.3 is 10.3 Å². The molecule has 0 amide bonds. The summed E-state index contributed by atoms with van der Waals surface area (Å²) in [6.07, 6.45) is 1.07. The number of aromatic nitrogens is 2. The number of fused-ring (bicyclic) bond motifs is 1. The predicted octanol–water partition coefficient (Wildman–Crippen LogP) is 4.05. The third kappa shape index (κ3) is 2.67. The van der Waals surface area contributed by atoms with Gasteiger partial charge in [0.2, 0.25) is 0 Å². The fourth-order valence-electron chi connectivity index (χ4n) is 2.30. The summed E-state index contributed by atoms with van der Waals surface area (Å²) in [5.41, 5.74) is 5.85. The van der Waals surface area contributed by atoms with E-state index in [1.807, 2.05) is 0 Å². The van der Waals surface area contributed by atoms with Crippen molar-refractivity contribution in [2.24, 2.45) is 0 Å². The topological polar surface area (TPSA) is 40.7 Å². The standard InChI is InChI=1S/C17H19N3/c1-3-13-5-7-14(8-6-13)18-11-17-19-15-9-4-12(2)10-16(15)20-17/h4-10,18H,3,11H2,1-2H3,(H,19,20). The Kier molecular flexibility index (Phi) is 3.42. The average molecular weight is 265 g/mol. The van der Waals surface area contributed by atoms with Crippen LogP contribution in [0, 0.1) is 6.92 Å². The number of rotatable bonds is 4. The van der Waals surface area contributed by atoms with Gasteiger partial charge in [0.1, 0.15) is 5.82 Å². The lowest BCUT2D eigenvalue weighted by molar-refractivity contribution is 1.01. The Morgan fingerprint density at radius 3 is 2.65 bits per heavy atom. The number of nitrogens with zero attached hydrogens (tertiary/aromatic N) is 1. The number of aromatic amines is 1. The van der Waals surface area contributed by atoms with Gasteiger partial charge in [-0.2, -0.15) is 0 Å². The van der Waals surface area contributed by atoms with Gasteiger partial charge in [-0.05, 0) is 48.7 Å². The molecule has 0 aliphatic carbocycles. The summed E-state index contributed by atoms with van der Waals surface area (Å²) in [6, 6.07) is 14.8. The largest absolute Gasteiger partial charge is 0.378 e. The third-order valence-electron chi connectivity index (χ3n) is 3.51. The highest BCUT2D eigenvalue weighted by atomic mass is 15.0. The van der Waals surface area contributed by atoms with E-state index in [0.717, 1.165) is 29.0 Å². The van der Waals surface area contributed by atoms with E-state index in [0.29, 0.717) is 6.54 Å². The van der Waals surface area contributed by atoms with Crippen molar-refractivity contribution in [3.63, 3.8) is 0 Å². The maximum absolute atomic E-state index is 4.58. The third-order valence-corrected chi connectivity index (χ3v) is 3.51. The molecule has 2 aromatic carbocycles. The maximum atomic E-state index is 4.58. The second-order valence-corrected chi connectivity index (χ2v) is 5.11. The number of imidazole rings is 1. The van der Waals surface area contributed by atoms with Crippen LogP contribution in [0.3, 0.4) is 0 Å². The summed E-state index contributed by atoms with van der Waals surface area (Å²) in [5.74, 6) is 0.963. The molecular weight excluding hydrogens is 246 g/mol. The molecule has 0 saturated carbocycles. The van der Waals surface area contributed by atoms with Crippen molar-refractivity contribution in [3.05, 3.63) is 59.4 Å². The van der Waals surface area contributed by atoms with Crippen LogP contribution in [0.15, 0.2) is 42.5 Å². The fraction of sp³-hybridized carbons (Fsp3) is 0.235. The molecule has 102 valence electrons. The lowest BCUT2D eigenvalue weighted by atomic mass is 10.1. The van der Waals surface area contributed by atoms with Crippen molar-refractivity contribution in [1.29, 1.82) is 0 Å². The van der Waals surface area contributed by atoms with Crippen LogP contribution in [-0.2, 0) is 13.0 Å². The SMILES string of the molecule is CCc1ccc(NCc2nc3ccc(C)cc3[nH]2)cc1. The van der Waals surface area contributed by atoms with Crippen LogP contribution in [-0.4, -0.2) is 9.97 Å². The first-order valence-corrected chi connectivity index (χ1v) is 7.02. The molecule has 0 atom stereocenters. The summed E-state index contributed by atoms with van der Waals surface area (Å²) in [4.78, 5) is 7.94. The van der Waals surface area contributed by atoms with E-state index >= 15 is 0 Å². The monoisotopic (exact) mass is 265 g/mol. The zero-order valence-corrected chi connectivity index (χ0v) is 11.9. The van der Waals surface area contributed by atoms with Gasteiger partial charge in [-0.3, -0.25) is 0 Å². The minimum Gasteiger partial charge on any atom is -0.378 e. The van der Waals surface area contributed by atoms with Crippen molar-refractivity contribution in [2.45, 2.75) is 26.8 Å². The second-order valence-electron chi connectivity index (χ2n) is 5.11. The van der Waals surface area contributed by atoms with Gasteiger partial charge in [-0.1, -0.05) is 25.1 Å². The number of benzene rings is 2. The Morgan fingerprint density at radius 2 is 1.90 bits per heavy atom. The van der Waals surface area contributed by atoms with Crippen LogP contribution in [0.25, 0.3) is 11.0 Å². The Balaban J connectivity index is 1.72. The number of hydrogen-bond donors (Lipinski definition) is 2. The van der Waals surface area contributed by atoms with Crippen LogP contribution >= 0.6 is 0 Å². The van der Waals surface area contributed by atoms with Crippen LogP contribution in [0.1, 0.15) is 23.9 Å². The van der Waals surface area contributed by atoms with E-state index < -0.39 is 0 Å². The maximum Gasteiger partial charge on any atom is 0.126 e. The minimum atomic E-state index is 0.708. The quantitative estimate of drug-likeness (QED) is 0.747. The highest BCUT2D eigenvalue weighted by molar-refractivity contribution is 5.75. The Bertz CT molecular complexity index is 711. The lowest BCUT2D eigenvalue weighted by Crippen LogP contribution is -2.01. The molecular formula is C17H19N3. The van der Waals surface area contributed by atoms with Crippen LogP contribution in [0.2, 0.25) is 0 Å². The highest BCUT2D eigenvalue weighted by Crippen LogP contribution is 2.15. The summed E-state index contributed by atoms with van der Waals surface area (Å²) < 4.78 is 0. The Hall–Kier alpha value is -2.29. The van der Waals surface area contributed by atoms with Gasteiger partial charge in [-0.25, -0.2) is 4.98 Å². The highest BCUT2D eigenvalue weighted by Gasteiger charge is 2.02. The first kappa shape index (κ1) is 12.7. The summed E-state index contributed by atoms with van der Waals surface area (Å²) in [7, 11) is 0. The number of H-pyrrole nitrogens is 1. The molecule has 1 heterocycles. The van der Waals surface area contributed by atoms with E-state index in [1.54, 1.807) is 0 Å². The minimum absolute atomic E-state index is 0.708. The first-order valence-electron chi connectivity index (χ1n) is 7.02. The molecule has 1 aromatic heterocycles. The van der Waals surface area contributed by atoms with Crippen molar-refractivity contribution in [1.82, 2.24) is 9.97 Å². The van der Waals surface area contributed by atoms with Crippen LogP contribution in [0.5, 0.6) is 0 Å². The van der Waals surface area contributed by atoms with Crippen molar-refractivity contribution < 1.29 is 0 Å². The fourth-order valence-corrected chi connectivity index (χ4v) is 2.30. The summed E-state index contributed by atoms with van der Waals surface area (Å²) in [5, 5.41) is 3.39. The average Bonchev–Trinajstić information content (AvgIpc) is 2.87. The summed E-state index contributed by atoms with van der Waals surface area (Å²) in [6.45, 7) is 4.96. The van der Waals surface area contributed by atoms with E-state index in [1.165, 1.54) is 11.1 Å². The smallest absolute Gasteiger partial charge is 0.126 e. The predicted molar refractivity (Wildman–Crippen MR) is 84.0 cm³/mol. The zero-order valence-electron chi connectivity index (χ0n) is 11.9. The van der Waals surface area contributed by atoms with Crippen LogP contribution < -0.4 is 5.32 Å². The zero-order chi connectivity index (χ0) is 13.9. The van der Waals surface area contributed by atoms with E-state index in [2.05, 4.69) is 71.6 Å². The van der Waals surface area contributed by atoms with Crippen molar-refractivity contribution >= 4 is 16.7 Å². The van der Waals surface area contributed by atoms with E-state index in [9.17, 15) is 0 Å². The van der Waals surface area contributed by atoms with Gasteiger partial charge in [0.25, 0.3) is 0 Å². The van der Waals surface area contributed by atoms with E-state index in [4.69, 9.17) is 0 Å². The number of nitrogens with one attached hydrogen (secondary N) is 2. The Morgan fingerprint density at radius 1 is 1.10 bits per heavy atom. The summed E-state index contributed by atoms with van der Waals surface area (Å²) >= 11 is 0. The molecule has 2 N–H and O–H groups in total. The molecule has 0 fully saturated rings. The molecule has 3 aromatic rings. The molecule has 3 heteroatoms. The molecule has 0 spiro atoms. The van der Waals surface area contributed by atoms with Gasteiger partial charge in [0.05, 0.1) is 17.6 Å². The molecule has 0 radical (unpaired) electrons. The molecule has 3 nitrogen and oxygen atoms in total. The van der Waals surface area contributed by atoms with Gasteiger partial charge in [-0.15, -0.1) is 0 Å². The van der Waals surface area contributed by atoms with Crippen molar-refractivity contribution in [3.8, 4) is 0 Å². The second kappa shape index (κ2) is 5.37. The molecule has 3 rings (SSSR count). The number of anilines is 1. The van der Waals surface area contributed by atoms with Crippen LogP contribution in [0.4, 0.5) is 5.69 Å². The molecule has 0 bridgehead atoms. The van der Waals surface area contributed by atoms with Gasteiger partial charge >= 0.3 is 0 Å². The van der Waals surface area contributed by atoms with Gasteiger partial charge in [0, 0.05) is 5.69 Å². The van der Waals surface area contributed by atoms with Gasteiger partial charge in [0.15, 0.2) is 0 Å². The molecule has 0 aliphatic heterocycles. The van der Waals surface area contributed by atoms with E-state index in [-0.39, 0.29) is 0 Å².